The molecule has 0 aliphatic heterocycles. The van der Waals surface area contributed by atoms with Crippen LogP contribution in [-0.4, -0.2) is 12.6 Å². The van der Waals surface area contributed by atoms with Crippen molar-refractivity contribution in [3.8, 4) is 0 Å². The topological polar surface area (TPSA) is 26.3 Å². The van der Waals surface area contributed by atoms with Crippen LogP contribution in [0.2, 0.25) is 0 Å². The largest absolute Gasteiger partial charge is 0.463 e. The fourth-order valence-electron chi connectivity index (χ4n) is 1.13. The predicted octanol–water partition coefficient (Wildman–Crippen LogP) is 3.63. The minimum absolute atomic E-state index is 0.237. The molecule has 2 nitrogen and oxygen atoms in total. The lowest BCUT2D eigenvalue weighted by atomic mass is 10.2. The van der Waals surface area contributed by atoms with E-state index in [0.717, 1.165) is 19.3 Å². The Bertz CT molecular complexity index is 205. The normalized spacial score (nSPS) is 11.3. The summed E-state index contributed by atoms with van der Waals surface area (Å²) < 4.78 is 4.76. The molecule has 86 valence electrons. The Hall–Kier alpha value is -1.05. The Kier molecular flexibility index (Phi) is 10.3. The Labute approximate surface area is 93.0 Å². The number of unbranched alkanes of at least 4 members (excludes halogenated alkanes) is 3. The van der Waals surface area contributed by atoms with Gasteiger partial charge in [0.2, 0.25) is 0 Å². The molecular weight excluding hydrogens is 188 g/mol. The van der Waals surface area contributed by atoms with E-state index in [0.29, 0.717) is 6.61 Å². The lowest BCUT2D eigenvalue weighted by Crippen LogP contribution is -1.98. The van der Waals surface area contributed by atoms with Crippen LogP contribution in [-0.2, 0) is 9.53 Å². The first-order valence-electron chi connectivity index (χ1n) is 5.79. The SMILES string of the molecule is CCCC=CCCCC=CC(=O)OCC. The number of hydrogen-bond donors (Lipinski definition) is 0. The van der Waals surface area contributed by atoms with Crippen LogP contribution in [0.3, 0.4) is 0 Å². The quantitative estimate of drug-likeness (QED) is 0.265. The molecule has 0 spiro atoms. The second kappa shape index (κ2) is 11.0. The molecule has 0 N–H and O–H groups in total. The van der Waals surface area contributed by atoms with Crippen molar-refractivity contribution in [2.75, 3.05) is 6.61 Å². The van der Waals surface area contributed by atoms with Crippen LogP contribution < -0.4 is 0 Å². The minimum atomic E-state index is -0.237. The van der Waals surface area contributed by atoms with Gasteiger partial charge in [-0.15, -0.1) is 0 Å². The first kappa shape index (κ1) is 13.9. The van der Waals surface area contributed by atoms with Crippen molar-refractivity contribution in [1.82, 2.24) is 0 Å². The van der Waals surface area contributed by atoms with Gasteiger partial charge in [0.1, 0.15) is 0 Å². The maximum absolute atomic E-state index is 10.9. The number of ether oxygens (including phenoxy) is 1. The van der Waals surface area contributed by atoms with Crippen LogP contribution in [0, 0.1) is 0 Å². The van der Waals surface area contributed by atoms with Crippen molar-refractivity contribution in [3.63, 3.8) is 0 Å². The van der Waals surface area contributed by atoms with Gasteiger partial charge in [-0.3, -0.25) is 0 Å². The first-order chi connectivity index (χ1) is 7.31. The van der Waals surface area contributed by atoms with Gasteiger partial charge in [0.05, 0.1) is 6.61 Å². The van der Waals surface area contributed by atoms with Gasteiger partial charge in [-0.05, 0) is 32.6 Å². The van der Waals surface area contributed by atoms with Gasteiger partial charge in [0.15, 0.2) is 0 Å². The van der Waals surface area contributed by atoms with E-state index in [1.54, 1.807) is 0 Å². The fourth-order valence-corrected chi connectivity index (χ4v) is 1.13. The van der Waals surface area contributed by atoms with E-state index in [1.807, 2.05) is 13.0 Å². The summed E-state index contributed by atoms with van der Waals surface area (Å²) in [7, 11) is 0. The summed E-state index contributed by atoms with van der Waals surface area (Å²) in [5.41, 5.74) is 0. The zero-order valence-electron chi connectivity index (χ0n) is 9.87. The lowest BCUT2D eigenvalue weighted by Gasteiger charge is -1.94. The van der Waals surface area contributed by atoms with E-state index in [1.165, 1.54) is 18.9 Å². The molecule has 0 amide bonds. The second-order valence-corrected chi connectivity index (χ2v) is 3.35. The van der Waals surface area contributed by atoms with Gasteiger partial charge in [-0.25, -0.2) is 4.79 Å². The van der Waals surface area contributed by atoms with E-state index >= 15 is 0 Å². The third-order valence-electron chi connectivity index (χ3n) is 1.90. The summed E-state index contributed by atoms with van der Waals surface area (Å²) in [6.45, 7) is 4.43. The van der Waals surface area contributed by atoms with Gasteiger partial charge in [-0.2, -0.15) is 0 Å². The van der Waals surface area contributed by atoms with Crippen molar-refractivity contribution < 1.29 is 9.53 Å². The molecule has 0 rings (SSSR count). The molecule has 0 aromatic carbocycles. The molecule has 0 bridgehead atoms. The average Bonchev–Trinajstić information content (AvgIpc) is 2.22. The molecule has 0 saturated carbocycles. The van der Waals surface area contributed by atoms with Crippen LogP contribution in [0.25, 0.3) is 0 Å². The highest BCUT2D eigenvalue weighted by Crippen LogP contribution is 1.99. The van der Waals surface area contributed by atoms with Crippen LogP contribution in [0.4, 0.5) is 0 Å². The number of carbonyl (C=O) groups is 1. The van der Waals surface area contributed by atoms with Gasteiger partial charge in [0.25, 0.3) is 0 Å². The molecule has 0 saturated heterocycles. The zero-order chi connectivity index (χ0) is 11.4. The molecule has 2 heteroatoms. The third kappa shape index (κ3) is 10.9. The maximum Gasteiger partial charge on any atom is 0.330 e. The molecule has 0 aromatic rings. The van der Waals surface area contributed by atoms with Gasteiger partial charge in [0, 0.05) is 6.08 Å². The lowest BCUT2D eigenvalue weighted by molar-refractivity contribution is -0.137. The molecule has 0 aliphatic carbocycles. The predicted molar refractivity (Wildman–Crippen MR) is 63.7 cm³/mol. The highest BCUT2D eigenvalue weighted by molar-refractivity contribution is 5.81. The van der Waals surface area contributed by atoms with Crippen LogP contribution in [0.5, 0.6) is 0 Å². The number of rotatable bonds is 8. The molecule has 15 heavy (non-hydrogen) atoms. The maximum atomic E-state index is 10.9. The van der Waals surface area contributed by atoms with E-state index < -0.39 is 0 Å². The average molecular weight is 210 g/mol. The molecule has 0 radical (unpaired) electrons. The number of esters is 1. The van der Waals surface area contributed by atoms with Gasteiger partial charge >= 0.3 is 5.97 Å². The van der Waals surface area contributed by atoms with Crippen molar-refractivity contribution >= 4 is 5.97 Å². The highest BCUT2D eigenvalue weighted by Gasteiger charge is 1.91. The van der Waals surface area contributed by atoms with E-state index in [9.17, 15) is 4.79 Å². The zero-order valence-corrected chi connectivity index (χ0v) is 9.87. The molecule has 0 aliphatic rings. The Morgan fingerprint density at radius 1 is 1.07 bits per heavy atom. The highest BCUT2D eigenvalue weighted by atomic mass is 16.5. The minimum Gasteiger partial charge on any atom is -0.463 e. The summed E-state index contributed by atoms with van der Waals surface area (Å²) in [5.74, 6) is -0.237. The Morgan fingerprint density at radius 3 is 2.40 bits per heavy atom. The smallest absolute Gasteiger partial charge is 0.330 e. The van der Waals surface area contributed by atoms with Crippen LogP contribution in [0.15, 0.2) is 24.3 Å². The Balaban J connectivity index is 3.33. The van der Waals surface area contributed by atoms with Gasteiger partial charge in [-0.1, -0.05) is 31.6 Å². The molecular formula is C13H22O2. The monoisotopic (exact) mass is 210 g/mol. The van der Waals surface area contributed by atoms with Crippen molar-refractivity contribution in [3.05, 3.63) is 24.3 Å². The summed E-state index contributed by atoms with van der Waals surface area (Å²) in [5, 5.41) is 0. The van der Waals surface area contributed by atoms with Crippen molar-refractivity contribution in [1.29, 1.82) is 0 Å². The van der Waals surface area contributed by atoms with E-state index in [2.05, 4.69) is 19.1 Å². The molecule has 0 fully saturated rings. The van der Waals surface area contributed by atoms with Crippen LogP contribution >= 0.6 is 0 Å². The molecule has 0 atom stereocenters. The number of carbonyl (C=O) groups excluding carboxylic acids is 1. The number of allylic oxidation sites excluding steroid dienone is 3. The second-order valence-electron chi connectivity index (χ2n) is 3.35. The van der Waals surface area contributed by atoms with Crippen LogP contribution in [0.1, 0.15) is 46.0 Å². The van der Waals surface area contributed by atoms with Crippen molar-refractivity contribution in [2.24, 2.45) is 0 Å². The Morgan fingerprint density at radius 2 is 1.73 bits per heavy atom. The first-order valence-corrected chi connectivity index (χ1v) is 5.79. The summed E-state index contributed by atoms with van der Waals surface area (Å²) in [4.78, 5) is 10.9. The van der Waals surface area contributed by atoms with Gasteiger partial charge < -0.3 is 4.74 Å². The molecule has 0 unspecified atom stereocenters. The molecule has 0 aromatic heterocycles. The summed E-state index contributed by atoms with van der Waals surface area (Å²) in [6, 6.07) is 0. The summed E-state index contributed by atoms with van der Waals surface area (Å²) in [6.07, 6.45) is 13.3. The van der Waals surface area contributed by atoms with Crippen molar-refractivity contribution in [2.45, 2.75) is 46.0 Å². The molecule has 0 heterocycles. The van der Waals surface area contributed by atoms with E-state index in [4.69, 9.17) is 4.74 Å². The standard InChI is InChI=1S/C13H22O2/c1-3-5-6-7-8-9-10-11-12-13(14)15-4-2/h6-7,11-12H,3-5,8-10H2,1-2H3. The summed E-state index contributed by atoms with van der Waals surface area (Å²) >= 11 is 0. The number of hydrogen-bond acceptors (Lipinski definition) is 2. The third-order valence-corrected chi connectivity index (χ3v) is 1.90. The fraction of sp³-hybridized carbons (Fsp3) is 0.615. The van der Waals surface area contributed by atoms with E-state index in [-0.39, 0.29) is 5.97 Å².